The molecule has 0 saturated heterocycles. The molecule has 0 fully saturated rings. The molecule has 6 nitrogen and oxygen atoms in total. The molecule has 1 aromatic heterocycles. The Morgan fingerprint density at radius 2 is 1.79 bits per heavy atom. The highest BCUT2D eigenvalue weighted by molar-refractivity contribution is 5.99. The summed E-state index contributed by atoms with van der Waals surface area (Å²) in [5, 5.41) is 2.95. The molecule has 5 N–H and O–H groups in total. The molecule has 0 radical (unpaired) electrons. The molecule has 3 rings (SSSR count). The number of aromatic nitrogens is 1. The summed E-state index contributed by atoms with van der Waals surface area (Å²) in [6.45, 7) is 0. The molecule has 0 atom stereocenters. The highest BCUT2D eigenvalue weighted by Crippen LogP contribution is 2.35. The Kier molecular flexibility index (Phi) is 5.12. The van der Waals surface area contributed by atoms with Gasteiger partial charge in [-0.2, -0.15) is 0 Å². The van der Waals surface area contributed by atoms with E-state index in [1.807, 2.05) is 0 Å². The van der Waals surface area contributed by atoms with E-state index >= 15 is 0 Å². The third kappa shape index (κ3) is 3.57. The highest BCUT2D eigenvalue weighted by atomic mass is 19.1. The molecule has 0 amide bonds. The van der Waals surface area contributed by atoms with E-state index in [4.69, 9.17) is 11.5 Å². The Morgan fingerprint density at radius 3 is 2.46 bits per heavy atom. The zero-order valence-electron chi connectivity index (χ0n) is 15.3. The quantitative estimate of drug-likeness (QED) is 0.476. The molecule has 0 aliphatic carbocycles. The lowest BCUT2D eigenvalue weighted by Crippen LogP contribution is -2.22. The minimum absolute atomic E-state index is 0.0342. The van der Waals surface area contributed by atoms with E-state index in [9.17, 15) is 13.6 Å². The lowest BCUT2D eigenvalue weighted by molar-refractivity contribution is 0.586. The van der Waals surface area contributed by atoms with Gasteiger partial charge in [0, 0.05) is 60.6 Å². The molecule has 3 aromatic rings. The Bertz CT molecular complexity index is 1140. The Hall–Kier alpha value is -3.68. The molecule has 0 unspecified atom stereocenters. The molecule has 8 heteroatoms. The first-order valence-electron chi connectivity index (χ1n) is 8.35. The van der Waals surface area contributed by atoms with Crippen LogP contribution in [0.4, 0.5) is 31.5 Å². The van der Waals surface area contributed by atoms with Crippen molar-refractivity contribution in [3.05, 3.63) is 70.1 Å². The van der Waals surface area contributed by atoms with E-state index in [0.29, 0.717) is 28.1 Å². The van der Waals surface area contributed by atoms with Gasteiger partial charge >= 0.3 is 0 Å². The lowest BCUT2D eigenvalue weighted by Gasteiger charge is -2.17. The van der Waals surface area contributed by atoms with Crippen LogP contribution in [-0.4, -0.2) is 17.8 Å². The van der Waals surface area contributed by atoms with Crippen molar-refractivity contribution in [2.45, 2.75) is 0 Å². The van der Waals surface area contributed by atoms with Gasteiger partial charge in [-0.05, 0) is 30.3 Å². The Morgan fingerprint density at radius 1 is 1.07 bits per heavy atom. The fourth-order valence-corrected chi connectivity index (χ4v) is 2.88. The smallest absolute Gasteiger partial charge is 0.274 e. The standard InChI is InChI=1S/C20H19F2N5O/c1-25-9-14-15(10-27(2)20(28)19(14)24)13-8-12(23)4-6-17(13)26-18-5-3-11(21)7-16(18)22/h3-10,26H,23-24H2,1-2H3. The van der Waals surface area contributed by atoms with Gasteiger partial charge in [0.2, 0.25) is 0 Å². The summed E-state index contributed by atoms with van der Waals surface area (Å²) in [7, 11) is 3.14. The summed E-state index contributed by atoms with van der Waals surface area (Å²) in [5.41, 5.74) is 14.3. The number of nitrogens with zero attached hydrogens (tertiary/aromatic N) is 2. The van der Waals surface area contributed by atoms with Crippen molar-refractivity contribution in [2.24, 2.45) is 12.0 Å². The number of nitrogens with one attached hydrogen (secondary N) is 1. The number of halogens is 2. The number of anilines is 4. The molecule has 1 heterocycles. The van der Waals surface area contributed by atoms with Crippen molar-refractivity contribution in [1.29, 1.82) is 0 Å². The molecule has 28 heavy (non-hydrogen) atoms. The maximum atomic E-state index is 14.1. The van der Waals surface area contributed by atoms with E-state index in [1.165, 1.54) is 16.8 Å². The third-order valence-electron chi connectivity index (χ3n) is 4.25. The number of nitrogen functional groups attached to an aromatic ring is 2. The average Bonchev–Trinajstić information content (AvgIpc) is 2.65. The molecule has 0 bridgehead atoms. The van der Waals surface area contributed by atoms with E-state index < -0.39 is 11.6 Å². The minimum Gasteiger partial charge on any atom is -0.399 e. The highest BCUT2D eigenvalue weighted by Gasteiger charge is 2.16. The third-order valence-corrected chi connectivity index (χ3v) is 4.25. The van der Waals surface area contributed by atoms with Crippen molar-refractivity contribution in [3.8, 4) is 11.1 Å². The van der Waals surface area contributed by atoms with Gasteiger partial charge in [0.15, 0.2) is 0 Å². The summed E-state index contributed by atoms with van der Waals surface area (Å²) in [6, 6.07) is 8.23. The summed E-state index contributed by atoms with van der Waals surface area (Å²) >= 11 is 0. The first-order chi connectivity index (χ1) is 13.3. The van der Waals surface area contributed by atoms with Crippen LogP contribution in [0.3, 0.4) is 0 Å². The van der Waals surface area contributed by atoms with Crippen LogP contribution < -0.4 is 22.3 Å². The molecular formula is C20H19F2N5O. The number of aliphatic imine (C=N–C) groups is 1. The van der Waals surface area contributed by atoms with Gasteiger partial charge in [0.1, 0.15) is 17.3 Å². The van der Waals surface area contributed by atoms with Crippen molar-refractivity contribution in [3.63, 3.8) is 0 Å². The fraction of sp³-hybridized carbons (Fsp3) is 0.100. The van der Waals surface area contributed by atoms with Gasteiger partial charge in [-0.3, -0.25) is 9.79 Å². The van der Waals surface area contributed by atoms with E-state index in [-0.39, 0.29) is 16.9 Å². The Labute approximate surface area is 160 Å². The van der Waals surface area contributed by atoms with Crippen LogP contribution in [0.25, 0.3) is 11.1 Å². The van der Waals surface area contributed by atoms with Crippen molar-refractivity contribution < 1.29 is 8.78 Å². The zero-order valence-corrected chi connectivity index (χ0v) is 15.3. The topological polar surface area (TPSA) is 98.4 Å². The summed E-state index contributed by atoms with van der Waals surface area (Å²) < 4.78 is 28.7. The molecule has 0 aliphatic rings. The van der Waals surface area contributed by atoms with Gasteiger partial charge in [-0.15, -0.1) is 0 Å². The van der Waals surface area contributed by atoms with Gasteiger partial charge in [-0.1, -0.05) is 0 Å². The summed E-state index contributed by atoms with van der Waals surface area (Å²) in [6.07, 6.45) is 3.09. The maximum absolute atomic E-state index is 14.1. The van der Waals surface area contributed by atoms with E-state index in [1.54, 1.807) is 38.5 Å². The van der Waals surface area contributed by atoms with Crippen LogP contribution in [0.15, 0.2) is 52.4 Å². The van der Waals surface area contributed by atoms with Crippen LogP contribution >= 0.6 is 0 Å². The number of hydrogen-bond donors (Lipinski definition) is 3. The first-order valence-corrected chi connectivity index (χ1v) is 8.35. The van der Waals surface area contributed by atoms with Gasteiger partial charge < -0.3 is 21.4 Å². The molecule has 144 valence electrons. The largest absolute Gasteiger partial charge is 0.399 e. The lowest BCUT2D eigenvalue weighted by atomic mass is 9.98. The summed E-state index contributed by atoms with van der Waals surface area (Å²) in [4.78, 5) is 16.2. The average molecular weight is 383 g/mol. The normalized spacial score (nSPS) is 11.1. The van der Waals surface area contributed by atoms with Crippen LogP contribution in [0.1, 0.15) is 5.56 Å². The van der Waals surface area contributed by atoms with Gasteiger partial charge in [-0.25, -0.2) is 8.78 Å². The van der Waals surface area contributed by atoms with Crippen molar-refractivity contribution >= 4 is 29.0 Å². The van der Waals surface area contributed by atoms with E-state index in [2.05, 4.69) is 10.3 Å². The number of benzene rings is 2. The second kappa shape index (κ2) is 7.51. The zero-order chi connectivity index (χ0) is 20.4. The van der Waals surface area contributed by atoms with Crippen molar-refractivity contribution in [1.82, 2.24) is 4.57 Å². The number of aryl methyl sites for hydroxylation is 1. The predicted molar refractivity (Wildman–Crippen MR) is 109 cm³/mol. The van der Waals surface area contributed by atoms with Crippen LogP contribution in [0.5, 0.6) is 0 Å². The van der Waals surface area contributed by atoms with Crippen molar-refractivity contribution in [2.75, 3.05) is 23.8 Å². The second-order valence-electron chi connectivity index (χ2n) is 6.23. The monoisotopic (exact) mass is 383 g/mol. The SMILES string of the molecule is CN=Cc1c(-c2cc(N)ccc2Nc2ccc(F)cc2F)cn(C)c(=O)c1N. The van der Waals surface area contributed by atoms with E-state index in [0.717, 1.165) is 12.1 Å². The summed E-state index contributed by atoms with van der Waals surface area (Å²) in [5.74, 6) is -1.41. The Balaban J connectivity index is 2.23. The van der Waals surface area contributed by atoms with Gasteiger partial charge in [0.05, 0.1) is 5.69 Å². The maximum Gasteiger partial charge on any atom is 0.274 e. The number of nitrogens with two attached hydrogens (primary N) is 2. The minimum atomic E-state index is -0.738. The number of hydrogen-bond acceptors (Lipinski definition) is 5. The molecule has 0 saturated carbocycles. The van der Waals surface area contributed by atoms with Crippen LogP contribution in [-0.2, 0) is 7.05 Å². The number of rotatable bonds is 4. The molecule has 0 spiro atoms. The van der Waals surface area contributed by atoms with Crippen LogP contribution in [0, 0.1) is 11.6 Å². The van der Waals surface area contributed by atoms with Gasteiger partial charge in [0.25, 0.3) is 5.56 Å². The molecule has 0 aliphatic heterocycles. The molecular weight excluding hydrogens is 364 g/mol. The fourth-order valence-electron chi connectivity index (χ4n) is 2.88. The predicted octanol–water partition coefficient (Wildman–Crippen LogP) is 3.29. The first kappa shape index (κ1) is 19.1. The molecule has 2 aromatic carbocycles. The second-order valence-corrected chi connectivity index (χ2v) is 6.23. The number of pyridine rings is 1. The van der Waals surface area contributed by atoms with Crippen LogP contribution in [0.2, 0.25) is 0 Å².